The van der Waals surface area contributed by atoms with Crippen molar-refractivity contribution in [2.24, 2.45) is 0 Å². The van der Waals surface area contributed by atoms with Crippen molar-refractivity contribution in [1.82, 2.24) is 34.9 Å². The Bertz CT molecular complexity index is 1240. The first-order valence-electron chi connectivity index (χ1n) is 13.4. The van der Waals surface area contributed by atoms with Crippen molar-refractivity contribution in [2.45, 2.75) is 57.2 Å². The molecule has 6 heterocycles. The van der Waals surface area contributed by atoms with Crippen LogP contribution in [0.25, 0.3) is 10.2 Å². The van der Waals surface area contributed by atoms with Crippen molar-refractivity contribution in [1.29, 1.82) is 0 Å². The zero-order valence-corrected chi connectivity index (χ0v) is 22.8. The van der Waals surface area contributed by atoms with Crippen LogP contribution in [-0.2, 0) is 4.79 Å². The van der Waals surface area contributed by atoms with Gasteiger partial charge in [-0.3, -0.25) is 14.8 Å². The summed E-state index contributed by atoms with van der Waals surface area (Å²) in [5.74, 6) is 2.57. The second kappa shape index (κ2) is 10.2. The molecule has 0 radical (unpaired) electrons. The number of rotatable bonds is 6. The van der Waals surface area contributed by atoms with E-state index in [2.05, 4.69) is 60.7 Å². The van der Waals surface area contributed by atoms with E-state index in [0.29, 0.717) is 30.6 Å². The van der Waals surface area contributed by atoms with Crippen molar-refractivity contribution < 1.29 is 4.79 Å². The van der Waals surface area contributed by atoms with E-state index in [9.17, 15) is 4.79 Å². The van der Waals surface area contributed by atoms with Crippen LogP contribution in [0.2, 0.25) is 0 Å². The summed E-state index contributed by atoms with van der Waals surface area (Å²) in [6.45, 7) is 6.58. The van der Waals surface area contributed by atoms with E-state index in [-0.39, 0.29) is 0 Å². The third-order valence-corrected chi connectivity index (χ3v) is 9.13. The highest BCUT2D eigenvalue weighted by atomic mass is 32.1. The van der Waals surface area contributed by atoms with E-state index < -0.39 is 0 Å². The summed E-state index contributed by atoms with van der Waals surface area (Å²) >= 11 is 1.63. The van der Waals surface area contributed by atoms with Gasteiger partial charge in [-0.2, -0.15) is 10.1 Å². The Hall–Kier alpha value is -2.76. The molecule has 0 aliphatic carbocycles. The summed E-state index contributed by atoms with van der Waals surface area (Å²) in [7, 11) is 4.27. The molecule has 2 bridgehead atoms. The molecule has 1 unspecified atom stereocenters. The van der Waals surface area contributed by atoms with Gasteiger partial charge in [0.25, 0.3) is 0 Å². The fourth-order valence-corrected chi connectivity index (χ4v) is 6.98. The predicted octanol–water partition coefficient (Wildman–Crippen LogP) is 3.06. The molecule has 3 aromatic heterocycles. The van der Waals surface area contributed by atoms with E-state index in [4.69, 9.17) is 9.97 Å². The molecule has 3 fully saturated rings. The van der Waals surface area contributed by atoms with Crippen LogP contribution in [0, 0.1) is 6.92 Å². The number of aromatic nitrogens is 4. The van der Waals surface area contributed by atoms with E-state index in [1.807, 2.05) is 13.0 Å². The number of amides is 1. The number of likely N-dealkylation sites (N-methyl/N-ethyl adjacent to an activating group) is 1. The minimum Gasteiger partial charge on any atom is -0.341 e. The number of hydrogen-bond acceptors (Lipinski definition) is 9. The summed E-state index contributed by atoms with van der Waals surface area (Å²) in [4.78, 5) is 33.5. The highest BCUT2D eigenvalue weighted by Crippen LogP contribution is 2.37. The molecule has 1 amide bonds. The van der Waals surface area contributed by atoms with Crippen LogP contribution in [0.4, 0.5) is 17.6 Å². The molecule has 10 nitrogen and oxygen atoms in total. The number of piperazine rings is 1. The lowest BCUT2D eigenvalue weighted by molar-refractivity contribution is -0.142. The number of piperidine rings is 2. The maximum absolute atomic E-state index is 13.5. The average molecular weight is 524 g/mol. The number of hydrogen-bond donors (Lipinski definition) is 2. The fourth-order valence-electron chi connectivity index (χ4n) is 6.22. The van der Waals surface area contributed by atoms with E-state index in [0.717, 1.165) is 85.4 Å². The zero-order valence-electron chi connectivity index (χ0n) is 22.0. The Labute approximate surface area is 222 Å². The fraction of sp³-hybridized carbons (Fsp3) is 0.615. The van der Waals surface area contributed by atoms with Gasteiger partial charge in [-0.05, 0) is 57.5 Å². The van der Waals surface area contributed by atoms with Gasteiger partial charge in [0, 0.05) is 63.1 Å². The number of thiophene rings is 1. The second-order valence-corrected chi connectivity index (χ2v) is 11.8. The summed E-state index contributed by atoms with van der Waals surface area (Å²) in [5.41, 5.74) is 0.996. The monoisotopic (exact) mass is 523 g/mol. The Balaban J connectivity index is 1.18. The van der Waals surface area contributed by atoms with Crippen LogP contribution >= 0.6 is 11.3 Å². The minimum atomic E-state index is 0.301. The molecule has 3 aromatic rings. The van der Waals surface area contributed by atoms with Crippen LogP contribution in [0.3, 0.4) is 0 Å². The van der Waals surface area contributed by atoms with Crippen molar-refractivity contribution in [3.8, 4) is 0 Å². The number of fused-ring (bicyclic) bond motifs is 3. The second-order valence-electron chi connectivity index (χ2n) is 10.9. The van der Waals surface area contributed by atoms with Crippen molar-refractivity contribution in [3.05, 3.63) is 23.2 Å². The number of carbonyl (C=O) groups is 1. The van der Waals surface area contributed by atoms with Gasteiger partial charge in [-0.1, -0.05) is 0 Å². The largest absolute Gasteiger partial charge is 0.341 e. The first kappa shape index (κ1) is 24.6. The van der Waals surface area contributed by atoms with Gasteiger partial charge in [0.05, 0.1) is 11.9 Å². The van der Waals surface area contributed by atoms with Crippen LogP contribution in [0.15, 0.2) is 17.5 Å². The highest BCUT2D eigenvalue weighted by molar-refractivity contribution is 7.16. The van der Waals surface area contributed by atoms with Crippen LogP contribution in [0.1, 0.15) is 37.8 Å². The summed E-state index contributed by atoms with van der Waals surface area (Å²) < 4.78 is 0. The first-order valence-corrected chi connectivity index (χ1v) is 14.3. The minimum absolute atomic E-state index is 0.301. The normalized spacial score (nSPS) is 24.9. The molecule has 2 N–H and O–H groups in total. The number of aryl methyl sites for hydroxylation is 1. The smallest absolute Gasteiger partial charge is 0.237 e. The molecule has 0 aromatic carbocycles. The maximum atomic E-state index is 13.5. The molecule has 3 aliphatic heterocycles. The van der Waals surface area contributed by atoms with E-state index in [1.165, 1.54) is 6.42 Å². The Morgan fingerprint density at radius 3 is 2.65 bits per heavy atom. The van der Waals surface area contributed by atoms with Gasteiger partial charge < -0.3 is 20.0 Å². The van der Waals surface area contributed by atoms with Crippen LogP contribution in [0.5, 0.6) is 0 Å². The number of carbonyl (C=O) groups excluding carboxylic acids is 1. The zero-order chi connectivity index (χ0) is 25.5. The van der Waals surface area contributed by atoms with Crippen molar-refractivity contribution in [3.63, 3.8) is 0 Å². The van der Waals surface area contributed by atoms with Crippen LogP contribution in [-0.4, -0.2) is 106 Å². The molecule has 11 heteroatoms. The molecule has 0 spiro atoms. The molecule has 3 aliphatic rings. The molecular weight excluding hydrogens is 486 g/mol. The number of anilines is 3. The molecule has 3 atom stereocenters. The molecule has 3 saturated heterocycles. The first-order chi connectivity index (χ1) is 17.9. The lowest BCUT2D eigenvalue weighted by atomic mass is 9.81. The lowest BCUT2D eigenvalue weighted by Gasteiger charge is -2.51. The van der Waals surface area contributed by atoms with Gasteiger partial charge in [-0.25, -0.2) is 4.98 Å². The number of nitrogens with zero attached hydrogens (tertiary/aromatic N) is 7. The number of nitrogens with one attached hydrogen (secondary N) is 2. The Kier molecular flexibility index (Phi) is 6.76. The predicted molar refractivity (Wildman–Crippen MR) is 148 cm³/mol. The van der Waals surface area contributed by atoms with Crippen LogP contribution < -0.4 is 10.2 Å². The Morgan fingerprint density at radius 2 is 1.95 bits per heavy atom. The quantitative estimate of drug-likeness (QED) is 0.509. The average Bonchev–Trinajstić information content (AvgIpc) is 3.53. The molecule has 6 rings (SSSR count). The van der Waals surface area contributed by atoms with Gasteiger partial charge in [0.1, 0.15) is 10.6 Å². The highest BCUT2D eigenvalue weighted by Gasteiger charge is 2.42. The SMILES string of the molecule is Cc1cc(Nc2nc(N(C)C3C[C@H]4CCC[C@@H](C3)N4C(=O)CN3CCN(C)CC3)nc3sccc23)n[nH]1. The van der Waals surface area contributed by atoms with Gasteiger partial charge in [0.15, 0.2) is 5.82 Å². The van der Waals surface area contributed by atoms with Gasteiger partial charge in [0.2, 0.25) is 11.9 Å². The topological polar surface area (TPSA) is 96.5 Å². The van der Waals surface area contributed by atoms with E-state index in [1.54, 1.807) is 11.3 Å². The number of aromatic amines is 1. The summed E-state index contributed by atoms with van der Waals surface area (Å²) in [6.07, 6.45) is 5.32. The van der Waals surface area contributed by atoms with Gasteiger partial charge in [-0.15, -0.1) is 11.3 Å². The Morgan fingerprint density at radius 1 is 1.19 bits per heavy atom. The third-order valence-electron chi connectivity index (χ3n) is 8.32. The lowest BCUT2D eigenvalue weighted by Crippen LogP contribution is -2.60. The summed E-state index contributed by atoms with van der Waals surface area (Å²) in [6, 6.07) is 4.94. The number of H-pyrrole nitrogens is 1. The molecule has 0 saturated carbocycles. The van der Waals surface area contributed by atoms with Crippen molar-refractivity contribution >= 4 is 45.0 Å². The van der Waals surface area contributed by atoms with Crippen molar-refractivity contribution in [2.75, 3.05) is 57.0 Å². The molecule has 198 valence electrons. The maximum Gasteiger partial charge on any atom is 0.237 e. The summed E-state index contributed by atoms with van der Waals surface area (Å²) in [5, 5.41) is 13.7. The standard InChI is InChI=1S/C26H37N9OS/c1-17-13-22(31-30-17)27-24-21-7-12-37-25(21)29-26(28-24)33(3)20-14-18-5-4-6-19(15-20)35(18)23(36)16-34-10-8-32(2)9-11-34/h7,12-13,18-20H,4-6,8-11,14-16H2,1-3H3,(H2,27,28,29,30,31)/t18-,19+,20?. The molecular formula is C26H37N9OS. The van der Waals surface area contributed by atoms with Gasteiger partial charge >= 0.3 is 0 Å². The third kappa shape index (κ3) is 5.04. The van der Waals surface area contributed by atoms with E-state index >= 15 is 0 Å². The molecule has 37 heavy (non-hydrogen) atoms.